The second-order valence-corrected chi connectivity index (χ2v) is 9.67. The molecule has 36 heavy (non-hydrogen) atoms. The van der Waals surface area contributed by atoms with Crippen LogP contribution in [0.2, 0.25) is 0 Å². The third-order valence-corrected chi connectivity index (χ3v) is 7.42. The number of amides is 2. The van der Waals surface area contributed by atoms with E-state index in [-0.39, 0.29) is 12.1 Å². The summed E-state index contributed by atoms with van der Waals surface area (Å²) in [7, 11) is 1.78. The van der Waals surface area contributed by atoms with E-state index in [1.807, 2.05) is 30.3 Å². The molecule has 0 unspecified atom stereocenters. The number of pyridine rings is 1. The molecule has 2 amide bonds. The molecule has 4 aromatic rings. The van der Waals surface area contributed by atoms with Crippen molar-refractivity contribution in [2.45, 2.75) is 38.9 Å². The number of urea groups is 1. The quantitative estimate of drug-likeness (QED) is 0.432. The highest BCUT2D eigenvalue weighted by atomic mass is 16.2. The molecule has 1 fully saturated rings. The highest BCUT2D eigenvalue weighted by molar-refractivity contribution is 6.07. The first-order valence-corrected chi connectivity index (χ1v) is 12.6. The molecule has 2 aliphatic rings. The summed E-state index contributed by atoms with van der Waals surface area (Å²) in [5.41, 5.74) is 9.55. The van der Waals surface area contributed by atoms with Crippen LogP contribution in [-0.2, 0) is 13.1 Å². The Morgan fingerprint density at radius 3 is 2.53 bits per heavy atom. The van der Waals surface area contributed by atoms with Crippen molar-refractivity contribution in [3.8, 4) is 0 Å². The first-order chi connectivity index (χ1) is 17.5. The van der Waals surface area contributed by atoms with E-state index in [1.54, 1.807) is 16.8 Å². The van der Waals surface area contributed by atoms with Crippen molar-refractivity contribution in [1.29, 1.82) is 0 Å². The standard InChI is InChI=1S/C28H31N7O/c1-4-34-25-18(2)35(28(36)32(3)26(25)31-27(34)33-15-9-10-19(29)16-33)17-24-22-13-6-5-11-20(22)21-12-7-8-14-23(21)30-24/h5-8,11-14,19H,2,4,9-10,15-17,29H2,1,3H3/t19-/m0/s1. The lowest BCUT2D eigenvalue weighted by molar-refractivity contribution is 0.222. The van der Waals surface area contributed by atoms with Crippen LogP contribution in [0.15, 0.2) is 55.1 Å². The molecular formula is C28H31N7O. The molecule has 0 radical (unpaired) electrons. The summed E-state index contributed by atoms with van der Waals surface area (Å²) in [5, 5.41) is 3.27. The molecule has 184 valence electrons. The number of para-hydroxylation sites is 1. The fourth-order valence-electron chi connectivity index (χ4n) is 5.60. The zero-order valence-electron chi connectivity index (χ0n) is 20.8. The van der Waals surface area contributed by atoms with Gasteiger partial charge in [-0.1, -0.05) is 49.0 Å². The molecule has 6 rings (SSSR count). The van der Waals surface area contributed by atoms with Crippen LogP contribution in [0.25, 0.3) is 27.4 Å². The predicted molar refractivity (Wildman–Crippen MR) is 145 cm³/mol. The number of anilines is 2. The van der Waals surface area contributed by atoms with Crippen molar-refractivity contribution in [3.05, 3.63) is 66.5 Å². The largest absolute Gasteiger partial charge is 0.341 e. The Balaban J connectivity index is 1.43. The predicted octanol–water partition coefficient (Wildman–Crippen LogP) is 4.57. The van der Waals surface area contributed by atoms with Gasteiger partial charge in [0.1, 0.15) is 5.69 Å². The zero-order valence-corrected chi connectivity index (χ0v) is 20.8. The summed E-state index contributed by atoms with van der Waals surface area (Å²) in [6.07, 6.45) is 2.06. The highest BCUT2D eigenvalue weighted by Gasteiger charge is 2.38. The maximum Gasteiger partial charge on any atom is 0.330 e. The SMILES string of the molecule is C=C1c2c(nc(N3CCC[C@H](N)C3)n2CC)N(C)C(=O)N1Cc1nc2ccccc2c2ccccc12. The second-order valence-electron chi connectivity index (χ2n) is 9.67. The van der Waals surface area contributed by atoms with Crippen molar-refractivity contribution in [2.75, 3.05) is 29.9 Å². The van der Waals surface area contributed by atoms with E-state index < -0.39 is 0 Å². The van der Waals surface area contributed by atoms with E-state index in [9.17, 15) is 4.79 Å². The van der Waals surface area contributed by atoms with Gasteiger partial charge in [-0.25, -0.2) is 4.79 Å². The number of imidazole rings is 1. The van der Waals surface area contributed by atoms with E-state index >= 15 is 0 Å². The molecule has 0 spiro atoms. The number of carbonyl (C=O) groups is 1. The third-order valence-electron chi connectivity index (χ3n) is 7.42. The Labute approximate surface area is 210 Å². The summed E-state index contributed by atoms with van der Waals surface area (Å²) >= 11 is 0. The molecule has 2 aliphatic heterocycles. The van der Waals surface area contributed by atoms with Gasteiger partial charge in [0, 0.05) is 43.5 Å². The lowest BCUT2D eigenvalue weighted by Crippen LogP contribution is -2.44. The highest BCUT2D eigenvalue weighted by Crippen LogP contribution is 2.39. The Morgan fingerprint density at radius 2 is 1.78 bits per heavy atom. The molecule has 8 nitrogen and oxygen atoms in total. The van der Waals surface area contributed by atoms with Crippen LogP contribution in [0.4, 0.5) is 16.6 Å². The van der Waals surface area contributed by atoms with Crippen LogP contribution in [0.3, 0.4) is 0 Å². The number of benzene rings is 2. The maximum absolute atomic E-state index is 13.6. The molecule has 1 atom stereocenters. The number of rotatable bonds is 4. The van der Waals surface area contributed by atoms with Crippen molar-refractivity contribution in [2.24, 2.45) is 5.73 Å². The minimum Gasteiger partial charge on any atom is -0.341 e. The molecule has 4 heterocycles. The monoisotopic (exact) mass is 481 g/mol. The lowest BCUT2D eigenvalue weighted by Gasteiger charge is -2.35. The van der Waals surface area contributed by atoms with Crippen molar-refractivity contribution >= 4 is 45.2 Å². The number of fused-ring (bicyclic) bond motifs is 4. The van der Waals surface area contributed by atoms with Gasteiger partial charge in [-0.3, -0.25) is 14.8 Å². The van der Waals surface area contributed by atoms with Gasteiger partial charge in [-0.05, 0) is 31.2 Å². The molecular weight excluding hydrogens is 450 g/mol. The number of aromatic nitrogens is 3. The van der Waals surface area contributed by atoms with Gasteiger partial charge in [0.15, 0.2) is 5.82 Å². The van der Waals surface area contributed by atoms with Gasteiger partial charge < -0.3 is 15.2 Å². The van der Waals surface area contributed by atoms with E-state index in [1.165, 1.54) is 0 Å². The number of carbonyl (C=O) groups excluding carboxylic acids is 1. The minimum absolute atomic E-state index is 0.129. The normalized spacial score (nSPS) is 18.4. The van der Waals surface area contributed by atoms with Gasteiger partial charge in [0.2, 0.25) is 5.95 Å². The molecule has 2 N–H and O–H groups in total. The van der Waals surface area contributed by atoms with E-state index in [0.717, 1.165) is 71.5 Å². The van der Waals surface area contributed by atoms with E-state index in [4.69, 9.17) is 15.7 Å². The van der Waals surface area contributed by atoms with Crippen LogP contribution < -0.4 is 15.5 Å². The van der Waals surface area contributed by atoms with Gasteiger partial charge in [0.25, 0.3) is 0 Å². The van der Waals surface area contributed by atoms with Crippen LogP contribution in [0.1, 0.15) is 31.2 Å². The number of hydrogen-bond donors (Lipinski definition) is 1. The maximum atomic E-state index is 13.6. The molecule has 0 aliphatic carbocycles. The summed E-state index contributed by atoms with van der Waals surface area (Å²) in [6.45, 7) is 9.20. The van der Waals surface area contributed by atoms with Gasteiger partial charge in [0.05, 0.1) is 23.5 Å². The Hall–Kier alpha value is -3.91. The van der Waals surface area contributed by atoms with E-state index in [2.05, 4.69) is 41.2 Å². The van der Waals surface area contributed by atoms with Gasteiger partial charge >= 0.3 is 6.03 Å². The topological polar surface area (TPSA) is 83.5 Å². The van der Waals surface area contributed by atoms with Gasteiger partial charge in [-0.15, -0.1) is 0 Å². The average molecular weight is 482 g/mol. The third kappa shape index (κ3) is 3.44. The molecule has 2 aromatic heterocycles. The smallest absolute Gasteiger partial charge is 0.330 e. The van der Waals surface area contributed by atoms with Gasteiger partial charge in [-0.2, -0.15) is 4.98 Å². The van der Waals surface area contributed by atoms with Crippen LogP contribution >= 0.6 is 0 Å². The number of piperidine rings is 1. The Bertz CT molecular complexity index is 1510. The molecule has 8 heteroatoms. The molecule has 2 aromatic carbocycles. The molecule has 0 saturated carbocycles. The van der Waals surface area contributed by atoms with Crippen molar-refractivity contribution < 1.29 is 4.79 Å². The number of nitrogens with zero attached hydrogens (tertiary/aromatic N) is 6. The van der Waals surface area contributed by atoms with Crippen molar-refractivity contribution in [3.63, 3.8) is 0 Å². The molecule has 0 bridgehead atoms. The second kappa shape index (κ2) is 8.64. The van der Waals surface area contributed by atoms with Crippen LogP contribution in [0, 0.1) is 0 Å². The summed E-state index contributed by atoms with van der Waals surface area (Å²) < 4.78 is 2.16. The summed E-state index contributed by atoms with van der Waals surface area (Å²) in [5.74, 6) is 1.50. The average Bonchev–Trinajstić information content (AvgIpc) is 3.30. The van der Waals surface area contributed by atoms with Crippen LogP contribution in [0.5, 0.6) is 0 Å². The lowest BCUT2D eigenvalue weighted by atomic mass is 10.0. The fourth-order valence-corrected chi connectivity index (χ4v) is 5.60. The Kier molecular flexibility index (Phi) is 5.41. The zero-order chi connectivity index (χ0) is 25.0. The first-order valence-electron chi connectivity index (χ1n) is 12.6. The van der Waals surface area contributed by atoms with E-state index in [0.29, 0.717) is 18.1 Å². The summed E-state index contributed by atoms with van der Waals surface area (Å²) in [4.78, 5) is 29.1. The minimum atomic E-state index is -0.158. The Morgan fingerprint density at radius 1 is 1.06 bits per heavy atom. The summed E-state index contributed by atoms with van der Waals surface area (Å²) in [6, 6.07) is 16.3. The van der Waals surface area contributed by atoms with Crippen LogP contribution in [-0.4, -0.2) is 51.6 Å². The number of nitrogens with two attached hydrogens (primary N) is 1. The number of hydrogen-bond acceptors (Lipinski definition) is 5. The van der Waals surface area contributed by atoms with Crippen molar-refractivity contribution in [1.82, 2.24) is 19.4 Å². The first kappa shape index (κ1) is 22.5. The molecule has 1 saturated heterocycles. The fraction of sp³-hybridized carbons (Fsp3) is 0.321.